The van der Waals surface area contributed by atoms with Gasteiger partial charge in [0.25, 0.3) is 0 Å². The van der Waals surface area contributed by atoms with Gasteiger partial charge in [0.15, 0.2) is 0 Å². The van der Waals surface area contributed by atoms with Crippen molar-refractivity contribution in [3.63, 3.8) is 0 Å². The molecule has 1 nitrogen and oxygen atoms in total. The molecule has 0 bridgehead atoms. The standard InChI is InChI=1S/C13H21N/c1-5-6-7-8-9-10-12(2)11-13(3)14-4/h6-10,13H,4-5,11H2,1-3H3/b7-6+,9-8-,12-10+. The van der Waals surface area contributed by atoms with Gasteiger partial charge < -0.3 is 0 Å². The maximum absolute atomic E-state index is 3.96. The van der Waals surface area contributed by atoms with E-state index in [9.17, 15) is 0 Å². The number of hydrogen-bond acceptors (Lipinski definition) is 1. The first-order valence-electron chi connectivity index (χ1n) is 5.15. The normalized spacial score (nSPS) is 15.2. The van der Waals surface area contributed by atoms with Gasteiger partial charge in [-0.05, 0) is 33.4 Å². The average Bonchev–Trinajstić information content (AvgIpc) is 2.17. The third-order valence-corrected chi connectivity index (χ3v) is 1.90. The van der Waals surface area contributed by atoms with Crippen molar-refractivity contribution in [2.75, 3.05) is 0 Å². The van der Waals surface area contributed by atoms with Crippen molar-refractivity contribution in [1.82, 2.24) is 0 Å². The van der Waals surface area contributed by atoms with Crippen molar-refractivity contribution in [2.24, 2.45) is 4.99 Å². The van der Waals surface area contributed by atoms with Crippen LogP contribution in [-0.4, -0.2) is 12.8 Å². The monoisotopic (exact) mass is 191 g/mol. The van der Waals surface area contributed by atoms with E-state index in [2.05, 4.69) is 62.9 Å². The van der Waals surface area contributed by atoms with E-state index in [1.165, 1.54) is 5.57 Å². The molecule has 0 saturated heterocycles. The minimum atomic E-state index is 0.325. The summed E-state index contributed by atoms with van der Waals surface area (Å²) < 4.78 is 0. The maximum atomic E-state index is 3.96. The highest BCUT2D eigenvalue weighted by atomic mass is 14.7. The third-order valence-electron chi connectivity index (χ3n) is 1.90. The summed E-state index contributed by atoms with van der Waals surface area (Å²) in [5.41, 5.74) is 1.34. The van der Waals surface area contributed by atoms with Crippen LogP contribution < -0.4 is 0 Å². The fraction of sp³-hybridized carbons (Fsp3) is 0.462. The van der Waals surface area contributed by atoms with E-state index >= 15 is 0 Å². The average molecular weight is 191 g/mol. The minimum absolute atomic E-state index is 0.325. The molecule has 0 aliphatic heterocycles. The zero-order valence-electron chi connectivity index (χ0n) is 9.53. The van der Waals surface area contributed by atoms with Gasteiger partial charge in [-0.25, -0.2) is 0 Å². The van der Waals surface area contributed by atoms with Gasteiger partial charge >= 0.3 is 0 Å². The first-order valence-corrected chi connectivity index (χ1v) is 5.15. The maximum Gasteiger partial charge on any atom is 0.0501 e. The molecule has 14 heavy (non-hydrogen) atoms. The third kappa shape index (κ3) is 7.53. The van der Waals surface area contributed by atoms with Gasteiger partial charge in [0.1, 0.15) is 0 Å². The number of allylic oxidation sites excluding steroid dienone is 5. The molecule has 0 fully saturated rings. The molecular weight excluding hydrogens is 170 g/mol. The SMILES string of the molecule is C=NC(C)C/C(C)=C/C=C\C=C\CC. The molecule has 0 aromatic rings. The van der Waals surface area contributed by atoms with Crippen LogP contribution >= 0.6 is 0 Å². The molecule has 1 heteroatoms. The molecule has 0 rings (SSSR count). The van der Waals surface area contributed by atoms with Crippen molar-refractivity contribution in [3.05, 3.63) is 36.0 Å². The van der Waals surface area contributed by atoms with Crippen molar-refractivity contribution < 1.29 is 0 Å². The molecule has 0 N–H and O–H groups in total. The zero-order chi connectivity index (χ0) is 10.8. The second kappa shape index (κ2) is 8.49. The van der Waals surface area contributed by atoms with Crippen LogP contribution in [0.3, 0.4) is 0 Å². The minimum Gasteiger partial charge on any atom is -0.298 e. The lowest BCUT2D eigenvalue weighted by atomic mass is 10.1. The van der Waals surface area contributed by atoms with Gasteiger partial charge in [-0.2, -0.15) is 0 Å². The van der Waals surface area contributed by atoms with Crippen LogP contribution in [0.1, 0.15) is 33.6 Å². The summed E-state index contributed by atoms with van der Waals surface area (Å²) in [7, 11) is 0. The topological polar surface area (TPSA) is 12.4 Å². The van der Waals surface area contributed by atoms with Crippen molar-refractivity contribution in [1.29, 1.82) is 0 Å². The quantitative estimate of drug-likeness (QED) is 0.445. The van der Waals surface area contributed by atoms with Crippen LogP contribution in [0.5, 0.6) is 0 Å². The van der Waals surface area contributed by atoms with E-state index < -0.39 is 0 Å². The van der Waals surface area contributed by atoms with Gasteiger partial charge in [0.05, 0.1) is 6.04 Å². The predicted molar refractivity (Wildman–Crippen MR) is 66.0 cm³/mol. The molecule has 0 saturated carbocycles. The van der Waals surface area contributed by atoms with Gasteiger partial charge in [-0.1, -0.05) is 42.9 Å². The summed E-state index contributed by atoms with van der Waals surface area (Å²) in [5.74, 6) is 0. The van der Waals surface area contributed by atoms with Crippen LogP contribution in [0.15, 0.2) is 40.9 Å². The van der Waals surface area contributed by atoms with Crippen molar-refractivity contribution in [3.8, 4) is 0 Å². The molecule has 0 radical (unpaired) electrons. The summed E-state index contributed by atoms with van der Waals surface area (Å²) in [5, 5.41) is 0. The van der Waals surface area contributed by atoms with E-state index in [0.717, 1.165) is 12.8 Å². The Morgan fingerprint density at radius 3 is 2.64 bits per heavy atom. The number of aliphatic imine (C=N–C) groups is 1. The van der Waals surface area contributed by atoms with Gasteiger partial charge in [-0.3, -0.25) is 4.99 Å². The summed E-state index contributed by atoms with van der Waals surface area (Å²) in [6, 6.07) is 0.325. The Hall–Kier alpha value is -1.11. The Bertz CT molecular complexity index is 234. The summed E-state index contributed by atoms with van der Waals surface area (Å²) in [6.45, 7) is 9.85. The Balaban J connectivity index is 3.92. The van der Waals surface area contributed by atoms with E-state index in [1.54, 1.807) is 0 Å². The van der Waals surface area contributed by atoms with Crippen LogP contribution in [0.4, 0.5) is 0 Å². The molecule has 0 amide bonds. The van der Waals surface area contributed by atoms with Crippen molar-refractivity contribution >= 4 is 6.72 Å². The predicted octanol–water partition coefficient (Wildman–Crippen LogP) is 3.93. The lowest BCUT2D eigenvalue weighted by Crippen LogP contribution is -1.96. The fourth-order valence-electron chi connectivity index (χ4n) is 1.10. The number of hydrogen-bond donors (Lipinski definition) is 0. The summed E-state index contributed by atoms with van der Waals surface area (Å²) in [6.07, 6.45) is 12.5. The first-order chi connectivity index (χ1) is 6.70. The smallest absolute Gasteiger partial charge is 0.0501 e. The number of rotatable bonds is 6. The molecule has 0 heterocycles. The molecule has 1 unspecified atom stereocenters. The van der Waals surface area contributed by atoms with E-state index in [4.69, 9.17) is 0 Å². The highest BCUT2D eigenvalue weighted by Gasteiger charge is 1.96. The zero-order valence-corrected chi connectivity index (χ0v) is 9.53. The van der Waals surface area contributed by atoms with E-state index in [0.29, 0.717) is 6.04 Å². The van der Waals surface area contributed by atoms with Crippen LogP contribution in [-0.2, 0) is 0 Å². The van der Waals surface area contributed by atoms with Crippen LogP contribution in [0.25, 0.3) is 0 Å². The van der Waals surface area contributed by atoms with Crippen LogP contribution in [0, 0.1) is 0 Å². The Morgan fingerprint density at radius 1 is 1.36 bits per heavy atom. The largest absolute Gasteiger partial charge is 0.298 e. The van der Waals surface area contributed by atoms with Gasteiger partial charge in [-0.15, -0.1) is 0 Å². The molecule has 0 aromatic carbocycles. The molecule has 1 atom stereocenters. The van der Waals surface area contributed by atoms with Gasteiger partial charge in [0, 0.05) is 0 Å². The number of nitrogens with zero attached hydrogens (tertiary/aromatic N) is 1. The Morgan fingerprint density at radius 2 is 2.07 bits per heavy atom. The lowest BCUT2D eigenvalue weighted by molar-refractivity contribution is 0.739. The molecule has 78 valence electrons. The lowest BCUT2D eigenvalue weighted by Gasteiger charge is -2.03. The van der Waals surface area contributed by atoms with E-state index in [-0.39, 0.29) is 0 Å². The van der Waals surface area contributed by atoms with Crippen LogP contribution in [0.2, 0.25) is 0 Å². The summed E-state index contributed by atoms with van der Waals surface area (Å²) >= 11 is 0. The first kappa shape index (κ1) is 12.9. The second-order valence-corrected chi connectivity index (χ2v) is 3.47. The van der Waals surface area contributed by atoms with Gasteiger partial charge in [0.2, 0.25) is 0 Å². The summed E-state index contributed by atoms with van der Waals surface area (Å²) in [4.78, 5) is 3.96. The molecular formula is C13H21N. The van der Waals surface area contributed by atoms with Crippen molar-refractivity contribution in [2.45, 2.75) is 39.7 Å². The van der Waals surface area contributed by atoms with E-state index in [1.807, 2.05) is 0 Å². The molecule has 0 aromatic heterocycles. The molecule has 0 aliphatic carbocycles. The molecule has 0 spiro atoms. The molecule has 0 aliphatic rings. The Kier molecular flexibility index (Phi) is 7.81. The highest BCUT2D eigenvalue weighted by molar-refractivity contribution is 5.24. The highest BCUT2D eigenvalue weighted by Crippen LogP contribution is 2.06. The Labute approximate surface area is 87.9 Å². The fourth-order valence-corrected chi connectivity index (χ4v) is 1.10. The second-order valence-electron chi connectivity index (χ2n) is 3.47.